The highest BCUT2D eigenvalue weighted by Crippen LogP contribution is 2.27. The van der Waals surface area contributed by atoms with E-state index >= 15 is 0 Å². The van der Waals surface area contributed by atoms with Crippen molar-refractivity contribution in [3.8, 4) is 17.1 Å². The zero-order valence-electron chi connectivity index (χ0n) is 13.8. The van der Waals surface area contributed by atoms with E-state index in [1.165, 1.54) is 0 Å². The summed E-state index contributed by atoms with van der Waals surface area (Å²) in [6.45, 7) is 1.10. The molecule has 1 fully saturated rings. The van der Waals surface area contributed by atoms with E-state index in [0.29, 0.717) is 35.6 Å². The third-order valence-electron chi connectivity index (χ3n) is 4.23. The van der Waals surface area contributed by atoms with Crippen molar-refractivity contribution in [1.82, 2.24) is 15.0 Å². The number of hydrogen-bond donors (Lipinski definition) is 0. The van der Waals surface area contributed by atoms with Gasteiger partial charge in [0.15, 0.2) is 6.61 Å². The first-order valence-electron chi connectivity index (χ1n) is 8.24. The Morgan fingerprint density at radius 3 is 2.62 bits per heavy atom. The van der Waals surface area contributed by atoms with E-state index in [-0.39, 0.29) is 18.4 Å². The maximum absolute atomic E-state index is 12.2. The number of amides is 1. The lowest BCUT2D eigenvalue weighted by Crippen LogP contribution is -2.50. The first kappa shape index (κ1) is 16.6. The van der Waals surface area contributed by atoms with Gasteiger partial charge in [-0.3, -0.25) is 4.79 Å². The highest BCUT2D eigenvalue weighted by molar-refractivity contribution is 6.30. The molecule has 6 nitrogen and oxygen atoms in total. The molecule has 3 aromatic rings. The minimum Gasteiger partial charge on any atom is -0.484 e. The molecule has 1 aliphatic heterocycles. The number of benzene rings is 2. The molecule has 2 aromatic carbocycles. The molecule has 7 heteroatoms. The molecule has 0 N–H and O–H groups in total. The molecule has 1 saturated heterocycles. The number of ether oxygens (including phenoxy) is 1. The van der Waals surface area contributed by atoms with Crippen molar-refractivity contribution in [2.75, 3.05) is 19.7 Å². The van der Waals surface area contributed by atoms with Gasteiger partial charge >= 0.3 is 0 Å². The van der Waals surface area contributed by atoms with Crippen LogP contribution < -0.4 is 4.74 Å². The van der Waals surface area contributed by atoms with Gasteiger partial charge < -0.3 is 14.2 Å². The lowest BCUT2D eigenvalue weighted by atomic mass is 10.0. The summed E-state index contributed by atoms with van der Waals surface area (Å²) in [6.07, 6.45) is 0. The van der Waals surface area contributed by atoms with Crippen LogP contribution in [0.5, 0.6) is 5.75 Å². The number of aromatic nitrogens is 2. The van der Waals surface area contributed by atoms with Gasteiger partial charge in [-0.2, -0.15) is 4.98 Å². The lowest BCUT2D eigenvalue weighted by Gasteiger charge is -2.36. The second-order valence-corrected chi connectivity index (χ2v) is 6.50. The Bertz CT molecular complexity index is 890. The van der Waals surface area contributed by atoms with E-state index < -0.39 is 0 Å². The highest BCUT2D eigenvalue weighted by atomic mass is 35.5. The maximum Gasteiger partial charge on any atom is 0.260 e. The van der Waals surface area contributed by atoms with Crippen molar-refractivity contribution in [1.29, 1.82) is 0 Å². The molecule has 0 aliphatic carbocycles. The molecule has 132 valence electrons. The number of rotatable bonds is 5. The van der Waals surface area contributed by atoms with E-state index in [0.717, 1.165) is 5.56 Å². The largest absolute Gasteiger partial charge is 0.484 e. The van der Waals surface area contributed by atoms with Crippen LogP contribution in [0.3, 0.4) is 0 Å². The Morgan fingerprint density at radius 1 is 1.15 bits per heavy atom. The molecule has 1 aliphatic rings. The third kappa shape index (κ3) is 3.55. The van der Waals surface area contributed by atoms with Crippen LogP contribution in [-0.4, -0.2) is 40.6 Å². The predicted molar refractivity (Wildman–Crippen MR) is 96.0 cm³/mol. The molecular formula is C19H16ClN3O3. The van der Waals surface area contributed by atoms with Gasteiger partial charge in [-0.1, -0.05) is 47.1 Å². The first-order valence-corrected chi connectivity index (χ1v) is 8.62. The summed E-state index contributed by atoms with van der Waals surface area (Å²) in [7, 11) is 0. The number of carbonyl (C=O) groups excluding carboxylic acids is 1. The summed E-state index contributed by atoms with van der Waals surface area (Å²) >= 11 is 5.82. The van der Waals surface area contributed by atoms with Crippen molar-refractivity contribution >= 4 is 17.5 Å². The molecule has 0 saturated carbocycles. The quantitative estimate of drug-likeness (QED) is 0.689. The molecule has 26 heavy (non-hydrogen) atoms. The molecule has 4 rings (SSSR count). The molecule has 0 atom stereocenters. The van der Waals surface area contributed by atoms with Crippen molar-refractivity contribution in [3.63, 3.8) is 0 Å². The molecule has 0 unspecified atom stereocenters. The van der Waals surface area contributed by atoms with Gasteiger partial charge in [0.2, 0.25) is 11.7 Å². The van der Waals surface area contributed by atoms with Crippen molar-refractivity contribution in [2.45, 2.75) is 5.92 Å². The number of hydrogen-bond acceptors (Lipinski definition) is 5. The zero-order valence-corrected chi connectivity index (χ0v) is 14.6. The minimum atomic E-state index is -0.0704. The maximum atomic E-state index is 12.2. The summed E-state index contributed by atoms with van der Waals surface area (Å²) < 4.78 is 10.8. The van der Waals surface area contributed by atoms with Gasteiger partial charge in [0.05, 0.1) is 5.92 Å². The van der Waals surface area contributed by atoms with E-state index in [1.54, 1.807) is 29.2 Å². The van der Waals surface area contributed by atoms with Crippen LogP contribution in [0.1, 0.15) is 11.8 Å². The standard InChI is InChI=1S/C19H16ClN3O3/c20-15-6-8-16(9-7-15)25-12-17(24)23-10-14(11-23)19-21-18(22-26-19)13-4-2-1-3-5-13/h1-9,14H,10-12H2. The molecule has 1 aromatic heterocycles. The van der Waals surface area contributed by atoms with Gasteiger partial charge in [0.1, 0.15) is 5.75 Å². The number of nitrogens with zero attached hydrogens (tertiary/aromatic N) is 3. The topological polar surface area (TPSA) is 68.5 Å². The van der Waals surface area contributed by atoms with Crippen LogP contribution in [0.25, 0.3) is 11.4 Å². The summed E-state index contributed by atoms with van der Waals surface area (Å²) in [5.41, 5.74) is 0.908. The fourth-order valence-corrected chi connectivity index (χ4v) is 2.84. The summed E-state index contributed by atoms with van der Waals surface area (Å²) in [5.74, 6) is 1.74. The number of carbonyl (C=O) groups is 1. The smallest absolute Gasteiger partial charge is 0.260 e. The first-order chi connectivity index (χ1) is 12.7. The fourth-order valence-electron chi connectivity index (χ4n) is 2.71. The molecule has 2 heterocycles. The normalized spacial score (nSPS) is 14.1. The Labute approximate surface area is 155 Å². The van der Waals surface area contributed by atoms with Gasteiger partial charge in [-0.25, -0.2) is 0 Å². The van der Waals surface area contributed by atoms with Gasteiger partial charge in [0.25, 0.3) is 5.91 Å². The van der Waals surface area contributed by atoms with Crippen LogP contribution >= 0.6 is 11.6 Å². The summed E-state index contributed by atoms with van der Waals surface area (Å²) in [4.78, 5) is 18.3. The van der Waals surface area contributed by atoms with Crippen molar-refractivity contribution in [2.24, 2.45) is 0 Å². The average Bonchev–Trinajstić information content (AvgIpc) is 3.10. The monoisotopic (exact) mass is 369 g/mol. The highest BCUT2D eigenvalue weighted by Gasteiger charge is 2.35. The van der Waals surface area contributed by atoms with E-state index in [4.69, 9.17) is 20.9 Å². The SMILES string of the molecule is O=C(COc1ccc(Cl)cc1)N1CC(c2nc(-c3ccccc3)no2)C1. The zero-order chi connectivity index (χ0) is 17.9. The summed E-state index contributed by atoms with van der Waals surface area (Å²) in [6, 6.07) is 16.6. The Hall–Kier alpha value is -2.86. The molecule has 0 radical (unpaired) electrons. The van der Waals surface area contributed by atoms with Gasteiger partial charge in [-0.05, 0) is 24.3 Å². The van der Waals surface area contributed by atoms with Crippen LogP contribution in [0.4, 0.5) is 0 Å². The van der Waals surface area contributed by atoms with Crippen LogP contribution in [0.15, 0.2) is 59.1 Å². The third-order valence-corrected chi connectivity index (χ3v) is 4.49. The molecule has 0 spiro atoms. The van der Waals surface area contributed by atoms with E-state index in [1.807, 2.05) is 30.3 Å². The fraction of sp³-hybridized carbons (Fsp3) is 0.211. The molecule has 1 amide bonds. The van der Waals surface area contributed by atoms with Crippen LogP contribution in [-0.2, 0) is 4.79 Å². The Balaban J connectivity index is 1.29. The second-order valence-electron chi connectivity index (χ2n) is 6.06. The Morgan fingerprint density at radius 2 is 1.88 bits per heavy atom. The second kappa shape index (κ2) is 7.17. The van der Waals surface area contributed by atoms with Crippen LogP contribution in [0, 0.1) is 0 Å². The lowest BCUT2D eigenvalue weighted by molar-refractivity contribution is -0.138. The number of likely N-dealkylation sites (tertiary alicyclic amines) is 1. The minimum absolute atomic E-state index is 0.00650. The average molecular weight is 370 g/mol. The van der Waals surface area contributed by atoms with E-state index in [9.17, 15) is 4.79 Å². The van der Waals surface area contributed by atoms with Crippen LogP contribution in [0.2, 0.25) is 5.02 Å². The van der Waals surface area contributed by atoms with Gasteiger partial charge in [0, 0.05) is 23.7 Å². The number of halogens is 1. The van der Waals surface area contributed by atoms with Crippen molar-refractivity contribution < 1.29 is 14.1 Å². The van der Waals surface area contributed by atoms with Gasteiger partial charge in [-0.15, -0.1) is 0 Å². The van der Waals surface area contributed by atoms with E-state index in [2.05, 4.69) is 10.1 Å². The molecule has 0 bridgehead atoms. The van der Waals surface area contributed by atoms with Crippen molar-refractivity contribution in [3.05, 3.63) is 65.5 Å². The Kier molecular flexibility index (Phi) is 4.58. The molecular weight excluding hydrogens is 354 g/mol. The predicted octanol–water partition coefficient (Wildman–Crippen LogP) is 3.39. The summed E-state index contributed by atoms with van der Waals surface area (Å²) in [5, 5.41) is 4.65.